The predicted molar refractivity (Wildman–Crippen MR) is 95.2 cm³/mol. The first kappa shape index (κ1) is 16.7. The van der Waals surface area contributed by atoms with Gasteiger partial charge < -0.3 is 15.0 Å². The van der Waals surface area contributed by atoms with E-state index in [4.69, 9.17) is 4.74 Å². The van der Waals surface area contributed by atoms with Gasteiger partial charge in [-0.15, -0.1) is 0 Å². The highest BCUT2D eigenvalue weighted by Gasteiger charge is 2.50. The van der Waals surface area contributed by atoms with Crippen LogP contribution < -0.4 is 5.32 Å². The lowest BCUT2D eigenvalue weighted by Crippen LogP contribution is -2.37. The van der Waals surface area contributed by atoms with E-state index in [1.165, 1.54) is 0 Å². The van der Waals surface area contributed by atoms with Crippen molar-refractivity contribution in [1.82, 2.24) is 15.2 Å². The molecular formula is C20H21N3O3. The fourth-order valence-electron chi connectivity index (χ4n) is 3.80. The third-order valence-electron chi connectivity index (χ3n) is 5.10. The van der Waals surface area contributed by atoms with Crippen molar-refractivity contribution in [3.8, 4) is 0 Å². The molecule has 2 aromatic rings. The van der Waals surface area contributed by atoms with Crippen LogP contribution in [0.15, 0.2) is 54.9 Å². The van der Waals surface area contributed by atoms with Gasteiger partial charge in [-0.3, -0.25) is 14.6 Å². The Labute approximate surface area is 152 Å². The van der Waals surface area contributed by atoms with Gasteiger partial charge >= 0.3 is 0 Å². The molecule has 0 radical (unpaired) electrons. The van der Waals surface area contributed by atoms with E-state index in [9.17, 15) is 9.59 Å². The number of carbonyl (C=O) groups is 2. The fourth-order valence-corrected chi connectivity index (χ4v) is 3.80. The highest BCUT2D eigenvalue weighted by Crippen LogP contribution is 2.34. The number of nitrogens with one attached hydrogen (secondary N) is 1. The minimum absolute atomic E-state index is 0.0307. The second kappa shape index (κ2) is 7.25. The van der Waals surface area contributed by atoms with Crippen molar-refractivity contribution in [1.29, 1.82) is 0 Å². The summed E-state index contributed by atoms with van der Waals surface area (Å²) in [4.78, 5) is 31.4. The number of ether oxygens (including phenoxy) is 1. The summed E-state index contributed by atoms with van der Waals surface area (Å²) in [5, 5.41) is 2.96. The van der Waals surface area contributed by atoms with Crippen LogP contribution in [0.25, 0.3) is 0 Å². The Morgan fingerprint density at radius 3 is 2.81 bits per heavy atom. The molecule has 2 saturated heterocycles. The first-order valence-corrected chi connectivity index (χ1v) is 8.88. The molecule has 0 unspecified atom stereocenters. The average molecular weight is 351 g/mol. The topological polar surface area (TPSA) is 71.5 Å². The number of nitrogens with zero attached hydrogens (tertiary/aromatic N) is 2. The maximum atomic E-state index is 12.9. The fraction of sp³-hybridized carbons (Fsp3) is 0.350. The lowest BCUT2D eigenvalue weighted by molar-refractivity contribution is -0.127. The molecule has 134 valence electrons. The lowest BCUT2D eigenvalue weighted by Gasteiger charge is -2.22. The van der Waals surface area contributed by atoms with Crippen LogP contribution in [-0.4, -0.2) is 47.0 Å². The summed E-state index contributed by atoms with van der Waals surface area (Å²) in [5.41, 5.74) is 1.59. The third kappa shape index (κ3) is 3.20. The summed E-state index contributed by atoms with van der Waals surface area (Å²) in [6.45, 7) is 1.40. The van der Waals surface area contributed by atoms with Crippen molar-refractivity contribution >= 4 is 11.8 Å². The van der Waals surface area contributed by atoms with E-state index in [1.54, 1.807) is 17.3 Å². The summed E-state index contributed by atoms with van der Waals surface area (Å²) in [7, 11) is 0. The first-order valence-electron chi connectivity index (χ1n) is 8.88. The maximum absolute atomic E-state index is 12.9. The first-order chi connectivity index (χ1) is 12.7. The molecule has 1 N–H and O–H groups in total. The van der Waals surface area contributed by atoms with Crippen molar-refractivity contribution in [2.45, 2.75) is 25.1 Å². The molecule has 26 heavy (non-hydrogen) atoms. The number of rotatable bonds is 4. The van der Waals surface area contributed by atoms with Gasteiger partial charge in [0.1, 0.15) is 0 Å². The Morgan fingerprint density at radius 2 is 2.04 bits per heavy atom. The Hall–Kier alpha value is -2.73. The number of hydrogen-bond acceptors (Lipinski definition) is 4. The molecule has 0 bridgehead atoms. The predicted octanol–water partition coefficient (Wildman–Crippen LogP) is 1.63. The number of fused-ring (bicyclic) bond motifs is 1. The molecule has 1 aromatic carbocycles. The van der Waals surface area contributed by atoms with Crippen LogP contribution in [0.4, 0.5) is 0 Å². The van der Waals surface area contributed by atoms with Gasteiger partial charge in [0, 0.05) is 37.7 Å². The zero-order chi connectivity index (χ0) is 17.9. The van der Waals surface area contributed by atoms with Crippen molar-refractivity contribution in [3.05, 3.63) is 66.0 Å². The molecule has 6 heteroatoms. The van der Waals surface area contributed by atoms with Crippen LogP contribution >= 0.6 is 0 Å². The van der Waals surface area contributed by atoms with Gasteiger partial charge in [-0.1, -0.05) is 24.3 Å². The molecule has 2 aliphatic heterocycles. The summed E-state index contributed by atoms with van der Waals surface area (Å²) in [5.74, 6) is -0.449. The maximum Gasteiger partial charge on any atom is 0.254 e. The van der Waals surface area contributed by atoms with E-state index in [1.807, 2.05) is 42.5 Å². The average Bonchev–Trinajstić information content (AvgIpc) is 3.30. The molecule has 3 heterocycles. The van der Waals surface area contributed by atoms with E-state index < -0.39 is 0 Å². The van der Waals surface area contributed by atoms with Crippen molar-refractivity contribution < 1.29 is 14.3 Å². The Balaban J connectivity index is 1.46. The van der Waals surface area contributed by atoms with Crippen LogP contribution in [-0.2, 0) is 16.1 Å². The Morgan fingerprint density at radius 1 is 1.19 bits per heavy atom. The number of benzene rings is 1. The zero-order valence-corrected chi connectivity index (χ0v) is 14.4. The number of carbonyl (C=O) groups excluding carboxylic acids is 2. The molecule has 3 atom stereocenters. The molecule has 0 spiro atoms. The standard InChI is InChI=1S/C20H21N3O3/c24-19(22-12-14-5-4-9-21-11-14)16-13-23(17-8-10-26-18(16)17)20(25)15-6-2-1-3-7-15/h1-7,9,11,16-18H,8,10,12-13H2,(H,22,24)/t16-,17-,18+/m1/s1. The van der Waals surface area contributed by atoms with Crippen molar-refractivity contribution in [2.75, 3.05) is 13.2 Å². The monoisotopic (exact) mass is 351 g/mol. The van der Waals surface area contributed by atoms with Gasteiger partial charge in [-0.25, -0.2) is 0 Å². The van der Waals surface area contributed by atoms with E-state index in [0.717, 1.165) is 12.0 Å². The van der Waals surface area contributed by atoms with Crippen LogP contribution in [0, 0.1) is 5.92 Å². The molecule has 2 fully saturated rings. The summed E-state index contributed by atoms with van der Waals surface area (Å²) in [6, 6.07) is 12.9. The normalized spacial score (nSPS) is 24.3. The highest BCUT2D eigenvalue weighted by molar-refractivity contribution is 5.95. The summed E-state index contributed by atoms with van der Waals surface area (Å²) >= 11 is 0. The minimum Gasteiger partial charge on any atom is -0.375 e. The van der Waals surface area contributed by atoms with Gasteiger partial charge in [0.25, 0.3) is 5.91 Å². The number of hydrogen-bond donors (Lipinski definition) is 1. The smallest absolute Gasteiger partial charge is 0.254 e. The second-order valence-corrected chi connectivity index (χ2v) is 6.70. The minimum atomic E-state index is -0.341. The van der Waals surface area contributed by atoms with E-state index in [-0.39, 0.29) is 29.9 Å². The molecule has 0 aliphatic carbocycles. The highest BCUT2D eigenvalue weighted by atomic mass is 16.5. The van der Waals surface area contributed by atoms with Crippen LogP contribution in [0.1, 0.15) is 22.3 Å². The quantitative estimate of drug-likeness (QED) is 0.909. The Bertz CT molecular complexity index is 781. The molecule has 0 saturated carbocycles. The van der Waals surface area contributed by atoms with Gasteiger partial charge in [0.15, 0.2) is 0 Å². The Kier molecular flexibility index (Phi) is 4.67. The van der Waals surface area contributed by atoms with Crippen molar-refractivity contribution in [3.63, 3.8) is 0 Å². The van der Waals surface area contributed by atoms with Gasteiger partial charge in [0.2, 0.25) is 5.91 Å². The number of amides is 2. The number of likely N-dealkylation sites (tertiary alicyclic amines) is 1. The molecule has 2 amide bonds. The van der Waals surface area contributed by atoms with E-state index in [0.29, 0.717) is 25.3 Å². The zero-order valence-electron chi connectivity index (χ0n) is 14.4. The summed E-state index contributed by atoms with van der Waals surface area (Å²) < 4.78 is 5.81. The molecule has 1 aromatic heterocycles. The van der Waals surface area contributed by atoms with Gasteiger partial charge in [-0.2, -0.15) is 0 Å². The lowest BCUT2D eigenvalue weighted by atomic mass is 10.0. The molecule has 6 nitrogen and oxygen atoms in total. The molecule has 4 rings (SSSR count). The van der Waals surface area contributed by atoms with Crippen LogP contribution in [0.3, 0.4) is 0 Å². The van der Waals surface area contributed by atoms with Gasteiger partial charge in [0.05, 0.1) is 18.1 Å². The van der Waals surface area contributed by atoms with E-state index >= 15 is 0 Å². The second-order valence-electron chi connectivity index (χ2n) is 6.70. The van der Waals surface area contributed by atoms with Gasteiger partial charge in [-0.05, 0) is 30.2 Å². The molecule has 2 aliphatic rings. The summed E-state index contributed by atoms with van der Waals surface area (Å²) in [6.07, 6.45) is 3.98. The third-order valence-corrected chi connectivity index (χ3v) is 5.10. The largest absolute Gasteiger partial charge is 0.375 e. The van der Waals surface area contributed by atoms with Crippen molar-refractivity contribution in [2.24, 2.45) is 5.92 Å². The van der Waals surface area contributed by atoms with Crippen LogP contribution in [0.5, 0.6) is 0 Å². The SMILES string of the molecule is O=C(NCc1cccnc1)[C@@H]1CN(C(=O)c2ccccc2)[C@@H]2CCO[C@H]21. The number of aromatic nitrogens is 1. The van der Waals surface area contributed by atoms with Crippen LogP contribution in [0.2, 0.25) is 0 Å². The molecular weight excluding hydrogens is 330 g/mol. The van der Waals surface area contributed by atoms with E-state index in [2.05, 4.69) is 10.3 Å². The number of pyridine rings is 1.